The van der Waals surface area contributed by atoms with Gasteiger partial charge < -0.3 is 20.1 Å². The van der Waals surface area contributed by atoms with Gasteiger partial charge in [0.05, 0.1) is 19.1 Å². The lowest BCUT2D eigenvalue weighted by Crippen LogP contribution is -3.14. The van der Waals surface area contributed by atoms with Gasteiger partial charge in [-0.3, -0.25) is 4.79 Å². The zero-order chi connectivity index (χ0) is 16.4. The highest BCUT2D eigenvalue weighted by atomic mass is 32.1. The normalized spacial score (nSPS) is 24.0. The number of piperidine rings is 1. The topological polar surface area (TPSA) is 73.7 Å². The van der Waals surface area contributed by atoms with Gasteiger partial charge in [0.2, 0.25) is 0 Å². The van der Waals surface area contributed by atoms with Crippen LogP contribution in [0.1, 0.15) is 53.4 Å². The minimum atomic E-state index is -1.17. The molecule has 126 valence electrons. The maximum Gasteiger partial charge on any atom is 0.280 e. The summed E-state index contributed by atoms with van der Waals surface area (Å²) in [6.07, 6.45) is 6.09. The number of rotatable bonds is 4. The number of fused-ring (bicyclic) bond motifs is 1. The summed E-state index contributed by atoms with van der Waals surface area (Å²) in [4.78, 5) is 26.2. The maximum absolute atomic E-state index is 12.3. The Morgan fingerprint density at radius 3 is 2.65 bits per heavy atom. The summed E-state index contributed by atoms with van der Waals surface area (Å²) in [7, 11) is 0. The molecule has 0 spiro atoms. The number of carbonyl (C=O) groups is 2. The van der Waals surface area contributed by atoms with E-state index >= 15 is 0 Å². The van der Waals surface area contributed by atoms with Gasteiger partial charge in [-0.1, -0.05) is 6.92 Å². The van der Waals surface area contributed by atoms with Crippen molar-refractivity contribution >= 4 is 28.2 Å². The molecule has 1 aromatic heterocycles. The number of hydrogen-bond donors (Lipinski definition) is 2. The Labute approximate surface area is 140 Å². The predicted molar refractivity (Wildman–Crippen MR) is 87.9 cm³/mol. The van der Waals surface area contributed by atoms with Crippen LogP contribution >= 0.6 is 11.3 Å². The Balaban J connectivity index is 1.68. The third-order valence-electron chi connectivity index (χ3n) is 5.02. The van der Waals surface area contributed by atoms with Crippen molar-refractivity contribution in [2.24, 2.45) is 5.92 Å². The monoisotopic (exact) mass is 336 g/mol. The standard InChI is InChI=1S/C17H24N2O3S/c1-11-6-8-19(9-7-11)10-14(20)18-16-15(17(21)22)12-4-2-3-5-13(12)23-16/h11H,2-10H2,1H3,(H,18,20)(H,21,22). The average Bonchev–Trinajstić information content (AvgIpc) is 2.87. The van der Waals surface area contributed by atoms with Crippen molar-refractivity contribution in [1.82, 2.24) is 0 Å². The molecular weight excluding hydrogens is 312 g/mol. The second kappa shape index (κ2) is 7.01. The molecule has 0 atom stereocenters. The molecule has 1 fully saturated rings. The third-order valence-corrected chi connectivity index (χ3v) is 6.23. The molecule has 0 bridgehead atoms. The van der Waals surface area contributed by atoms with Gasteiger partial charge in [-0.25, -0.2) is 0 Å². The van der Waals surface area contributed by atoms with E-state index in [1.54, 1.807) is 0 Å². The van der Waals surface area contributed by atoms with Crippen molar-refractivity contribution in [3.8, 4) is 0 Å². The Kier molecular flexibility index (Phi) is 5.02. The van der Waals surface area contributed by atoms with E-state index in [2.05, 4.69) is 12.2 Å². The van der Waals surface area contributed by atoms with Gasteiger partial charge in [0.1, 0.15) is 5.00 Å². The Hall–Kier alpha value is -1.40. The summed E-state index contributed by atoms with van der Waals surface area (Å²) in [6.45, 7) is 4.70. The number of thiophene rings is 1. The highest BCUT2D eigenvalue weighted by Crippen LogP contribution is 2.37. The molecule has 23 heavy (non-hydrogen) atoms. The molecular formula is C17H24N2O3S. The molecule has 1 aromatic rings. The van der Waals surface area contributed by atoms with E-state index in [0.717, 1.165) is 68.0 Å². The second-order valence-corrected chi connectivity index (χ2v) is 7.97. The van der Waals surface area contributed by atoms with Crippen LogP contribution in [-0.2, 0) is 17.6 Å². The molecule has 0 unspecified atom stereocenters. The quantitative estimate of drug-likeness (QED) is 0.827. The SMILES string of the molecule is CC1CC[NH+](CC(=O)Nc2sc3c(c2C(=O)[O-])CCCC3)CC1. The van der Waals surface area contributed by atoms with E-state index in [1.807, 2.05) is 0 Å². The zero-order valence-corrected chi connectivity index (χ0v) is 14.4. The molecule has 0 radical (unpaired) electrons. The molecule has 1 aliphatic heterocycles. The molecule has 2 N–H and O–H groups in total. The molecule has 1 aliphatic carbocycles. The molecule has 1 saturated heterocycles. The number of quaternary nitrogens is 1. The molecule has 6 heteroatoms. The van der Waals surface area contributed by atoms with Gasteiger partial charge in [0.25, 0.3) is 5.91 Å². The number of carboxylic acids is 1. The first-order valence-electron chi connectivity index (χ1n) is 8.54. The van der Waals surface area contributed by atoms with Crippen molar-refractivity contribution in [2.45, 2.75) is 45.4 Å². The van der Waals surface area contributed by atoms with Crippen LogP contribution in [0.4, 0.5) is 5.00 Å². The van der Waals surface area contributed by atoms with Crippen LogP contribution in [0.5, 0.6) is 0 Å². The van der Waals surface area contributed by atoms with Crippen LogP contribution in [0.2, 0.25) is 0 Å². The number of anilines is 1. The summed E-state index contributed by atoms with van der Waals surface area (Å²) in [5.41, 5.74) is 1.11. The smallest absolute Gasteiger partial charge is 0.280 e. The first kappa shape index (κ1) is 16.5. The second-order valence-electron chi connectivity index (χ2n) is 6.86. The van der Waals surface area contributed by atoms with E-state index in [-0.39, 0.29) is 11.5 Å². The van der Waals surface area contributed by atoms with Crippen LogP contribution in [-0.4, -0.2) is 31.5 Å². The average molecular weight is 336 g/mol. The molecule has 1 amide bonds. The molecule has 0 saturated carbocycles. The summed E-state index contributed by atoms with van der Waals surface area (Å²) >= 11 is 1.42. The highest BCUT2D eigenvalue weighted by Gasteiger charge is 2.25. The van der Waals surface area contributed by atoms with E-state index < -0.39 is 5.97 Å². The van der Waals surface area contributed by atoms with Crippen LogP contribution in [0.25, 0.3) is 0 Å². The summed E-state index contributed by atoms with van der Waals surface area (Å²) in [6, 6.07) is 0. The lowest BCUT2D eigenvalue weighted by molar-refractivity contribution is -0.897. The van der Waals surface area contributed by atoms with Crippen LogP contribution in [0, 0.1) is 5.92 Å². The molecule has 3 rings (SSSR count). The van der Waals surface area contributed by atoms with Gasteiger partial charge in [-0.05, 0) is 50.0 Å². The van der Waals surface area contributed by atoms with Crippen molar-refractivity contribution in [3.05, 3.63) is 16.0 Å². The number of aromatic carboxylic acids is 1. The number of likely N-dealkylation sites (tertiary alicyclic amines) is 1. The van der Waals surface area contributed by atoms with E-state index in [9.17, 15) is 14.7 Å². The molecule has 2 heterocycles. The lowest BCUT2D eigenvalue weighted by atomic mass is 9.95. The number of aryl methyl sites for hydroxylation is 1. The Morgan fingerprint density at radius 2 is 1.96 bits per heavy atom. The largest absolute Gasteiger partial charge is 0.545 e. The first-order valence-corrected chi connectivity index (χ1v) is 9.35. The number of carbonyl (C=O) groups excluding carboxylic acids is 2. The summed E-state index contributed by atoms with van der Waals surface area (Å²) in [5, 5.41) is 14.8. The van der Waals surface area contributed by atoms with E-state index in [4.69, 9.17) is 0 Å². The predicted octanol–water partition coefficient (Wildman–Crippen LogP) is 0.244. The summed E-state index contributed by atoms with van der Waals surface area (Å²) in [5.74, 6) is -0.509. The highest BCUT2D eigenvalue weighted by molar-refractivity contribution is 7.17. The van der Waals surface area contributed by atoms with Gasteiger partial charge in [0.15, 0.2) is 6.54 Å². The molecule has 0 aromatic carbocycles. The Morgan fingerprint density at radius 1 is 1.26 bits per heavy atom. The van der Waals surface area contributed by atoms with Crippen molar-refractivity contribution in [3.63, 3.8) is 0 Å². The van der Waals surface area contributed by atoms with Crippen LogP contribution in [0.15, 0.2) is 0 Å². The van der Waals surface area contributed by atoms with Crippen molar-refractivity contribution < 1.29 is 19.6 Å². The number of nitrogens with one attached hydrogen (secondary N) is 2. The minimum Gasteiger partial charge on any atom is -0.545 e. The van der Waals surface area contributed by atoms with Crippen molar-refractivity contribution in [1.29, 1.82) is 0 Å². The lowest BCUT2D eigenvalue weighted by Gasteiger charge is -2.26. The van der Waals surface area contributed by atoms with Gasteiger partial charge >= 0.3 is 0 Å². The number of carboxylic acid groups (broad SMARTS) is 1. The minimum absolute atomic E-state index is 0.0874. The zero-order valence-electron chi connectivity index (χ0n) is 13.6. The third kappa shape index (κ3) is 3.75. The number of hydrogen-bond acceptors (Lipinski definition) is 4. The first-order chi connectivity index (χ1) is 11.0. The molecule has 2 aliphatic rings. The summed E-state index contributed by atoms with van der Waals surface area (Å²) < 4.78 is 0. The fourth-order valence-corrected chi connectivity index (χ4v) is 4.91. The van der Waals surface area contributed by atoms with Gasteiger partial charge in [-0.15, -0.1) is 11.3 Å². The fraction of sp³-hybridized carbons (Fsp3) is 0.647. The van der Waals surface area contributed by atoms with E-state index in [1.165, 1.54) is 16.2 Å². The van der Waals surface area contributed by atoms with Gasteiger partial charge in [0, 0.05) is 10.4 Å². The Bertz CT molecular complexity index is 603. The van der Waals surface area contributed by atoms with Gasteiger partial charge in [-0.2, -0.15) is 0 Å². The number of amides is 1. The van der Waals surface area contributed by atoms with Crippen LogP contribution in [0.3, 0.4) is 0 Å². The van der Waals surface area contributed by atoms with E-state index in [0.29, 0.717) is 11.5 Å². The fourth-order valence-electron chi connectivity index (χ4n) is 3.61. The van der Waals surface area contributed by atoms with Crippen LogP contribution < -0.4 is 15.3 Å². The molecule has 5 nitrogen and oxygen atoms in total. The maximum atomic E-state index is 12.3. The van der Waals surface area contributed by atoms with Crippen molar-refractivity contribution in [2.75, 3.05) is 25.0 Å².